The van der Waals surface area contributed by atoms with Crippen molar-refractivity contribution in [3.63, 3.8) is 0 Å². The van der Waals surface area contributed by atoms with Gasteiger partial charge >= 0.3 is 0 Å². The summed E-state index contributed by atoms with van der Waals surface area (Å²) >= 11 is 0. The number of hydrogen-bond donors (Lipinski definition) is 0. The van der Waals surface area contributed by atoms with E-state index in [0.717, 1.165) is 5.56 Å². The average molecular weight is 298 g/mol. The molecule has 1 aliphatic carbocycles. The molecule has 0 bridgehead atoms. The Bertz CT molecular complexity index is 691. The molecule has 0 aliphatic heterocycles. The molecular weight excluding hydrogens is 283 g/mol. The topological polar surface area (TPSA) is 43.4 Å². The van der Waals surface area contributed by atoms with Crippen molar-refractivity contribution in [3.05, 3.63) is 59.9 Å². The summed E-state index contributed by atoms with van der Waals surface area (Å²) in [6.07, 6.45) is 0.847. The number of halogens is 1. The molecule has 0 unspecified atom stereocenters. The van der Waals surface area contributed by atoms with Crippen molar-refractivity contribution >= 4 is 11.6 Å². The van der Waals surface area contributed by atoms with Gasteiger partial charge in [-0.3, -0.25) is 9.59 Å². The highest BCUT2D eigenvalue weighted by atomic mass is 19.1. The van der Waals surface area contributed by atoms with Crippen LogP contribution in [-0.2, 0) is 9.59 Å². The molecule has 0 radical (unpaired) electrons. The molecule has 0 atom stereocenters. The van der Waals surface area contributed by atoms with Gasteiger partial charge in [0.05, 0.1) is 6.42 Å². The van der Waals surface area contributed by atoms with Gasteiger partial charge in [0, 0.05) is 12.8 Å². The molecule has 1 fully saturated rings. The van der Waals surface area contributed by atoms with Gasteiger partial charge in [0.25, 0.3) is 0 Å². The van der Waals surface area contributed by atoms with Gasteiger partial charge in [0.2, 0.25) is 0 Å². The molecular formula is C18H15FO3. The van der Waals surface area contributed by atoms with Gasteiger partial charge in [-0.2, -0.15) is 0 Å². The lowest BCUT2D eigenvalue weighted by molar-refractivity contribution is -0.130. The van der Waals surface area contributed by atoms with Crippen LogP contribution < -0.4 is 4.74 Å². The van der Waals surface area contributed by atoms with E-state index in [9.17, 15) is 14.0 Å². The van der Waals surface area contributed by atoms with E-state index in [1.165, 1.54) is 12.1 Å². The van der Waals surface area contributed by atoms with Crippen molar-refractivity contribution < 1.29 is 18.7 Å². The summed E-state index contributed by atoms with van der Waals surface area (Å²) in [5, 5.41) is 0. The largest absolute Gasteiger partial charge is 0.457 e. The predicted molar refractivity (Wildman–Crippen MR) is 79.5 cm³/mol. The van der Waals surface area contributed by atoms with Crippen molar-refractivity contribution in [2.75, 3.05) is 0 Å². The number of carbonyl (C=O) groups excluding carboxylic acids is 2. The number of rotatable bonds is 3. The van der Waals surface area contributed by atoms with Crippen LogP contribution in [0.15, 0.2) is 48.5 Å². The molecule has 1 saturated carbocycles. The van der Waals surface area contributed by atoms with Gasteiger partial charge in [-0.15, -0.1) is 0 Å². The molecule has 4 heteroatoms. The molecule has 112 valence electrons. The number of benzene rings is 2. The summed E-state index contributed by atoms with van der Waals surface area (Å²) in [6.45, 7) is 0. The SMILES string of the molecule is O=C1CC(=O)CC(c2cccc(Oc3ccc(F)cc3)c2)C1. The highest BCUT2D eigenvalue weighted by molar-refractivity contribution is 6.02. The highest BCUT2D eigenvalue weighted by Crippen LogP contribution is 2.32. The van der Waals surface area contributed by atoms with Crippen LogP contribution in [0.3, 0.4) is 0 Å². The molecule has 0 spiro atoms. The number of Topliss-reactive ketones (excluding diaryl/α,β-unsaturated/α-hetero) is 2. The van der Waals surface area contributed by atoms with Crippen LogP contribution >= 0.6 is 0 Å². The maximum atomic E-state index is 12.9. The minimum Gasteiger partial charge on any atom is -0.457 e. The quantitative estimate of drug-likeness (QED) is 0.804. The molecule has 2 aromatic rings. The van der Waals surface area contributed by atoms with Gasteiger partial charge in [0.15, 0.2) is 0 Å². The average Bonchev–Trinajstić information content (AvgIpc) is 2.49. The normalized spacial score (nSPS) is 15.9. The standard InChI is InChI=1S/C18H15FO3/c19-14-4-6-17(7-5-14)22-18-3-1-2-12(10-18)13-8-15(20)11-16(21)9-13/h1-7,10,13H,8-9,11H2. The molecule has 3 nitrogen and oxygen atoms in total. The number of hydrogen-bond acceptors (Lipinski definition) is 3. The molecule has 3 rings (SSSR count). The number of ketones is 2. The van der Waals surface area contributed by atoms with Crippen molar-refractivity contribution in [3.8, 4) is 11.5 Å². The first-order valence-electron chi connectivity index (χ1n) is 7.17. The predicted octanol–water partition coefficient (Wildman–Crippen LogP) is 4.02. The Morgan fingerprint density at radius 2 is 1.59 bits per heavy atom. The van der Waals surface area contributed by atoms with E-state index < -0.39 is 0 Å². The third-order valence-corrected chi connectivity index (χ3v) is 3.72. The fourth-order valence-corrected chi connectivity index (χ4v) is 2.69. The van der Waals surface area contributed by atoms with Gasteiger partial charge in [-0.25, -0.2) is 4.39 Å². The Morgan fingerprint density at radius 3 is 2.27 bits per heavy atom. The van der Waals surface area contributed by atoms with Crippen LogP contribution in [0.4, 0.5) is 4.39 Å². The van der Waals surface area contributed by atoms with E-state index in [2.05, 4.69) is 0 Å². The summed E-state index contributed by atoms with van der Waals surface area (Å²) in [5.74, 6) is 0.729. The van der Waals surface area contributed by atoms with Crippen molar-refractivity contribution in [2.24, 2.45) is 0 Å². The molecule has 2 aromatic carbocycles. The number of carbonyl (C=O) groups is 2. The van der Waals surface area contributed by atoms with E-state index in [4.69, 9.17) is 4.74 Å². The second-order valence-corrected chi connectivity index (χ2v) is 5.49. The summed E-state index contributed by atoms with van der Waals surface area (Å²) in [6, 6.07) is 13.1. The second-order valence-electron chi connectivity index (χ2n) is 5.49. The van der Waals surface area contributed by atoms with E-state index >= 15 is 0 Å². The van der Waals surface area contributed by atoms with E-state index in [0.29, 0.717) is 24.3 Å². The minimum atomic E-state index is -0.319. The first-order valence-corrected chi connectivity index (χ1v) is 7.17. The van der Waals surface area contributed by atoms with Crippen molar-refractivity contribution in [1.29, 1.82) is 0 Å². The van der Waals surface area contributed by atoms with Crippen molar-refractivity contribution in [2.45, 2.75) is 25.2 Å². The molecule has 0 heterocycles. The molecule has 0 amide bonds. The molecule has 0 saturated heterocycles. The summed E-state index contributed by atoms with van der Waals surface area (Å²) in [4.78, 5) is 23.2. The second kappa shape index (κ2) is 6.10. The van der Waals surface area contributed by atoms with Crippen LogP contribution in [0.2, 0.25) is 0 Å². The minimum absolute atomic E-state index is 0.00824. The van der Waals surface area contributed by atoms with Crippen LogP contribution in [0, 0.1) is 5.82 Å². The zero-order chi connectivity index (χ0) is 15.5. The van der Waals surface area contributed by atoms with Crippen LogP contribution in [0.1, 0.15) is 30.7 Å². The van der Waals surface area contributed by atoms with E-state index in [1.54, 1.807) is 18.2 Å². The first-order chi connectivity index (χ1) is 10.6. The molecule has 0 N–H and O–H groups in total. The fraction of sp³-hybridized carbons (Fsp3) is 0.222. The molecule has 22 heavy (non-hydrogen) atoms. The third kappa shape index (κ3) is 3.39. The maximum absolute atomic E-state index is 12.9. The maximum Gasteiger partial charge on any atom is 0.140 e. The van der Waals surface area contributed by atoms with Crippen molar-refractivity contribution in [1.82, 2.24) is 0 Å². The Kier molecular flexibility index (Phi) is 4.00. The van der Waals surface area contributed by atoms with E-state index in [1.807, 2.05) is 18.2 Å². The Morgan fingerprint density at radius 1 is 0.909 bits per heavy atom. The van der Waals surface area contributed by atoms with Gasteiger partial charge in [0.1, 0.15) is 28.9 Å². The zero-order valence-corrected chi connectivity index (χ0v) is 11.9. The van der Waals surface area contributed by atoms with Gasteiger partial charge in [-0.05, 0) is 47.9 Å². The summed E-state index contributed by atoms with van der Waals surface area (Å²) in [5.41, 5.74) is 0.918. The molecule has 0 aromatic heterocycles. The van der Waals surface area contributed by atoms with Gasteiger partial charge < -0.3 is 4.74 Å². The highest BCUT2D eigenvalue weighted by Gasteiger charge is 2.26. The lowest BCUT2D eigenvalue weighted by Crippen LogP contribution is -2.21. The fourth-order valence-electron chi connectivity index (χ4n) is 2.69. The van der Waals surface area contributed by atoms with Gasteiger partial charge in [-0.1, -0.05) is 12.1 Å². The van der Waals surface area contributed by atoms with E-state index in [-0.39, 0.29) is 29.7 Å². The zero-order valence-electron chi connectivity index (χ0n) is 11.9. The Labute approximate surface area is 127 Å². The molecule has 1 aliphatic rings. The summed E-state index contributed by atoms with van der Waals surface area (Å²) < 4.78 is 18.6. The first kappa shape index (κ1) is 14.4. The summed E-state index contributed by atoms with van der Waals surface area (Å²) in [7, 11) is 0. The Hall–Kier alpha value is -2.49. The third-order valence-electron chi connectivity index (χ3n) is 3.72. The number of ether oxygens (including phenoxy) is 1. The van der Waals surface area contributed by atoms with Crippen LogP contribution in [0.5, 0.6) is 11.5 Å². The lowest BCUT2D eigenvalue weighted by atomic mass is 9.82. The monoisotopic (exact) mass is 298 g/mol. The lowest BCUT2D eigenvalue weighted by Gasteiger charge is -2.20. The van der Waals surface area contributed by atoms with Crippen LogP contribution in [0.25, 0.3) is 0 Å². The Balaban J connectivity index is 1.78. The smallest absolute Gasteiger partial charge is 0.140 e. The van der Waals surface area contributed by atoms with Crippen LogP contribution in [-0.4, -0.2) is 11.6 Å².